The Kier molecular flexibility index (Phi) is 3.77. The number of aryl methyl sites for hydroxylation is 1. The second kappa shape index (κ2) is 6.04. The maximum Gasteiger partial charge on any atom is 0.262 e. The highest BCUT2D eigenvalue weighted by molar-refractivity contribution is 5.91. The summed E-state index contributed by atoms with van der Waals surface area (Å²) in [5.74, 6) is 0.603. The van der Waals surface area contributed by atoms with Crippen LogP contribution in [0.3, 0.4) is 0 Å². The standard InChI is InChI=1S/C13H12N6O3/c1-9-6-13(16-22-9)21-7-12(20)15-10-2-4-11(5-3-10)19-8-14-17-18-19/h2-6,8H,7H2,1H3,(H,15,20). The molecule has 0 aliphatic heterocycles. The number of rotatable bonds is 5. The van der Waals surface area contributed by atoms with E-state index in [9.17, 15) is 4.79 Å². The summed E-state index contributed by atoms with van der Waals surface area (Å²) < 4.78 is 11.5. The first-order chi connectivity index (χ1) is 10.7. The molecule has 0 fully saturated rings. The number of anilines is 1. The Balaban J connectivity index is 1.55. The normalized spacial score (nSPS) is 10.4. The van der Waals surface area contributed by atoms with Gasteiger partial charge in [0, 0.05) is 11.8 Å². The van der Waals surface area contributed by atoms with Crippen LogP contribution in [0.2, 0.25) is 0 Å². The molecule has 0 radical (unpaired) electrons. The molecular weight excluding hydrogens is 288 g/mol. The quantitative estimate of drug-likeness (QED) is 0.748. The van der Waals surface area contributed by atoms with Crippen LogP contribution in [0.5, 0.6) is 5.88 Å². The Bertz CT molecular complexity index is 750. The molecule has 22 heavy (non-hydrogen) atoms. The number of carbonyl (C=O) groups is 1. The second-order valence-corrected chi connectivity index (χ2v) is 4.41. The van der Waals surface area contributed by atoms with Gasteiger partial charge in [0.25, 0.3) is 11.8 Å². The molecule has 0 unspecified atom stereocenters. The molecule has 0 aliphatic rings. The molecule has 9 heteroatoms. The molecule has 0 spiro atoms. The summed E-state index contributed by atoms with van der Waals surface area (Å²) in [4.78, 5) is 11.8. The van der Waals surface area contributed by atoms with Gasteiger partial charge in [-0.2, -0.15) is 0 Å². The van der Waals surface area contributed by atoms with E-state index in [1.54, 1.807) is 37.3 Å². The van der Waals surface area contributed by atoms with Crippen LogP contribution in [0.15, 0.2) is 41.2 Å². The van der Waals surface area contributed by atoms with E-state index in [-0.39, 0.29) is 18.4 Å². The van der Waals surface area contributed by atoms with Crippen molar-refractivity contribution in [3.05, 3.63) is 42.4 Å². The molecule has 1 N–H and O–H groups in total. The van der Waals surface area contributed by atoms with Crippen molar-refractivity contribution in [1.29, 1.82) is 0 Å². The van der Waals surface area contributed by atoms with E-state index >= 15 is 0 Å². The summed E-state index contributed by atoms with van der Waals surface area (Å²) in [7, 11) is 0. The van der Waals surface area contributed by atoms with Crippen molar-refractivity contribution in [2.45, 2.75) is 6.92 Å². The van der Waals surface area contributed by atoms with E-state index in [4.69, 9.17) is 9.26 Å². The van der Waals surface area contributed by atoms with Crippen molar-refractivity contribution >= 4 is 11.6 Å². The van der Waals surface area contributed by atoms with Crippen molar-refractivity contribution in [2.75, 3.05) is 11.9 Å². The van der Waals surface area contributed by atoms with Gasteiger partial charge in [0.15, 0.2) is 6.61 Å². The molecule has 2 heterocycles. The summed E-state index contributed by atoms with van der Waals surface area (Å²) >= 11 is 0. The van der Waals surface area contributed by atoms with Gasteiger partial charge in [-0.15, -0.1) is 5.10 Å². The minimum Gasteiger partial charge on any atom is -0.465 e. The van der Waals surface area contributed by atoms with Gasteiger partial charge in [0.2, 0.25) is 0 Å². The molecule has 0 atom stereocenters. The van der Waals surface area contributed by atoms with Gasteiger partial charge in [-0.1, -0.05) is 0 Å². The second-order valence-electron chi connectivity index (χ2n) is 4.41. The fourth-order valence-corrected chi connectivity index (χ4v) is 1.73. The third kappa shape index (κ3) is 3.26. The molecule has 3 rings (SSSR count). The van der Waals surface area contributed by atoms with E-state index in [2.05, 4.69) is 26.0 Å². The highest BCUT2D eigenvalue weighted by Gasteiger charge is 2.07. The number of amides is 1. The summed E-state index contributed by atoms with van der Waals surface area (Å²) in [5.41, 5.74) is 1.43. The molecule has 1 amide bonds. The van der Waals surface area contributed by atoms with Crippen molar-refractivity contribution in [2.24, 2.45) is 0 Å². The maximum absolute atomic E-state index is 11.8. The lowest BCUT2D eigenvalue weighted by molar-refractivity contribution is -0.118. The Hall–Kier alpha value is -3.23. The van der Waals surface area contributed by atoms with Crippen LogP contribution in [0.25, 0.3) is 5.69 Å². The Labute approximate surface area is 124 Å². The number of ether oxygens (including phenoxy) is 1. The Morgan fingerprint density at radius 1 is 1.36 bits per heavy atom. The van der Waals surface area contributed by atoms with E-state index in [1.807, 2.05) is 0 Å². The van der Waals surface area contributed by atoms with Gasteiger partial charge >= 0.3 is 0 Å². The van der Waals surface area contributed by atoms with Gasteiger partial charge in [0.05, 0.1) is 5.69 Å². The topological polar surface area (TPSA) is 108 Å². The van der Waals surface area contributed by atoms with E-state index in [0.717, 1.165) is 5.69 Å². The lowest BCUT2D eigenvalue weighted by Crippen LogP contribution is -2.20. The monoisotopic (exact) mass is 300 g/mol. The first kappa shape index (κ1) is 13.7. The van der Waals surface area contributed by atoms with Crippen LogP contribution >= 0.6 is 0 Å². The first-order valence-corrected chi connectivity index (χ1v) is 6.40. The number of nitrogens with one attached hydrogen (secondary N) is 1. The van der Waals surface area contributed by atoms with E-state index < -0.39 is 0 Å². The molecule has 1 aromatic carbocycles. The molecule has 0 saturated heterocycles. The smallest absolute Gasteiger partial charge is 0.262 e. The van der Waals surface area contributed by atoms with Gasteiger partial charge in [-0.3, -0.25) is 4.79 Å². The van der Waals surface area contributed by atoms with Crippen LogP contribution in [-0.2, 0) is 4.79 Å². The SMILES string of the molecule is Cc1cc(OCC(=O)Nc2ccc(-n3cnnn3)cc2)no1. The summed E-state index contributed by atoms with van der Waals surface area (Å²) in [5, 5.41) is 17.2. The zero-order chi connectivity index (χ0) is 15.4. The van der Waals surface area contributed by atoms with Crippen molar-refractivity contribution in [3.8, 4) is 11.6 Å². The number of tetrazole rings is 1. The minimum atomic E-state index is -0.296. The van der Waals surface area contributed by atoms with Crippen molar-refractivity contribution < 1.29 is 14.1 Å². The van der Waals surface area contributed by atoms with Gasteiger partial charge in [-0.25, -0.2) is 4.68 Å². The first-order valence-electron chi connectivity index (χ1n) is 6.40. The van der Waals surface area contributed by atoms with E-state index in [1.165, 1.54) is 11.0 Å². The van der Waals surface area contributed by atoms with Gasteiger partial charge in [-0.05, 0) is 46.8 Å². The summed E-state index contributed by atoms with van der Waals surface area (Å²) in [6.45, 7) is 1.59. The molecule has 3 aromatic rings. The molecule has 2 aromatic heterocycles. The average Bonchev–Trinajstić information content (AvgIpc) is 3.17. The van der Waals surface area contributed by atoms with Crippen molar-refractivity contribution in [1.82, 2.24) is 25.4 Å². The predicted octanol–water partition coefficient (Wildman–Crippen LogP) is 0.976. The number of hydrogen-bond donors (Lipinski definition) is 1. The summed E-state index contributed by atoms with van der Waals surface area (Å²) in [6, 6.07) is 8.67. The molecular formula is C13H12N6O3. The van der Waals surface area contributed by atoms with Crippen LogP contribution in [0.1, 0.15) is 5.76 Å². The Morgan fingerprint density at radius 3 is 2.82 bits per heavy atom. The highest BCUT2D eigenvalue weighted by atomic mass is 16.5. The van der Waals surface area contributed by atoms with Gasteiger partial charge in [0.1, 0.15) is 12.1 Å². The Morgan fingerprint density at radius 2 is 2.18 bits per heavy atom. The molecule has 0 bridgehead atoms. The minimum absolute atomic E-state index is 0.152. The number of carbonyl (C=O) groups excluding carboxylic acids is 1. The van der Waals surface area contributed by atoms with Crippen LogP contribution < -0.4 is 10.1 Å². The molecule has 0 saturated carbocycles. The molecule has 0 aliphatic carbocycles. The lowest BCUT2D eigenvalue weighted by Gasteiger charge is -2.06. The lowest BCUT2D eigenvalue weighted by atomic mass is 10.3. The molecule has 9 nitrogen and oxygen atoms in total. The highest BCUT2D eigenvalue weighted by Crippen LogP contribution is 2.13. The largest absolute Gasteiger partial charge is 0.465 e. The average molecular weight is 300 g/mol. The third-order valence-electron chi connectivity index (χ3n) is 2.72. The fourth-order valence-electron chi connectivity index (χ4n) is 1.73. The van der Waals surface area contributed by atoms with Crippen LogP contribution in [0.4, 0.5) is 5.69 Å². The zero-order valence-electron chi connectivity index (χ0n) is 11.6. The number of hydrogen-bond acceptors (Lipinski definition) is 7. The molecule has 112 valence electrons. The number of aromatic nitrogens is 5. The van der Waals surface area contributed by atoms with Gasteiger partial charge < -0.3 is 14.6 Å². The number of benzene rings is 1. The maximum atomic E-state index is 11.8. The predicted molar refractivity (Wildman–Crippen MR) is 74.5 cm³/mol. The van der Waals surface area contributed by atoms with Crippen LogP contribution in [-0.4, -0.2) is 37.9 Å². The number of nitrogens with zero attached hydrogens (tertiary/aromatic N) is 5. The van der Waals surface area contributed by atoms with Crippen LogP contribution in [0, 0.1) is 6.92 Å². The van der Waals surface area contributed by atoms with E-state index in [0.29, 0.717) is 11.4 Å². The van der Waals surface area contributed by atoms with Crippen molar-refractivity contribution in [3.63, 3.8) is 0 Å². The fraction of sp³-hybridized carbons (Fsp3) is 0.154. The summed E-state index contributed by atoms with van der Waals surface area (Å²) in [6.07, 6.45) is 1.49. The third-order valence-corrected chi connectivity index (χ3v) is 2.72. The zero-order valence-corrected chi connectivity index (χ0v) is 11.6.